The Kier molecular flexibility index (Phi) is 9.68. The maximum Gasteiger partial charge on any atom is 0.338 e. The molecule has 0 aromatic heterocycles. The van der Waals surface area contributed by atoms with Crippen molar-refractivity contribution in [3.8, 4) is 34.5 Å². The molecule has 0 aliphatic carbocycles. The first-order valence-corrected chi connectivity index (χ1v) is 12.2. The summed E-state index contributed by atoms with van der Waals surface area (Å²) in [6, 6.07) is 11.9. The fourth-order valence-corrected chi connectivity index (χ4v) is 4.05. The van der Waals surface area contributed by atoms with Crippen LogP contribution < -0.4 is 14.2 Å². The van der Waals surface area contributed by atoms with Gasteiger partial charge < -0.3 is 39.4 Å². The summed E-state index contributed by atoms with van der Waals surface area (Å²) in [4.78, 5) is 13.3. The summed E-state index contributed by atoms with van der Waals surface area (Å²) < 4.78 is 21.4. The summed E-state index contributed by atoms with van der Waals surface area (Å²) in [6.07, 6.45) is 0.125. The number of hydrogen-bond acceptors (Lipinski definition) is 9. The molecule has 39 heavy (non-hydrogen) atoms. The molecule has 0 saturated heterocycles. The lowest BCUT2D eigenvalue weighted by Gasteiger charge is -2.25. The third-order valence-corrected chi connectivity index (χ3v) is 6.17. The number of ether oxygens (including phenoxy) is 4. The van der Waals surface area contributed by atoms with Crippen LogP contribution in [0.1, 0.15) is 47.0 Å². The molecule has 208 valence electrons. The molecule has 0 amide bonds. The zero-order valence-corrected chi connectivity index (χ0v) is 22.6. The molecule has 0 heterocycles. The van der Waals surface area contributed by atoms with Crippen LogP contribution >= 0.6 is 0 Å². The first-order valence-electron chi connectivity index (χ1n) is 12.2. The van der Waals surface area contributed by atoms with Crippen LogP contribution in [0.2, 0.25) is 0 Å². The predicted octanol–water partition coefficient (Wildman–Crippen LogP) is 4.84. The van der Waals surface area contributed by atoms with Crippen molar-refractivity contribution in [3.63, 3.8) is 0 Å². The first kappa shape index (κ1) is 29.2. The van der Waals surface area contributed by atoms with Gasteiger partial charge in [0.1, 0.15) is 29.5 Å². The Morgan fingerprint density at radius 2 is 1.51 bits per heavy atom. The average molecular weight is 539 g/mol. The number of phenols is 3. The lowest BCUT2D eigenvalue weighted by Crippen LogP contribution is -2.28. The summed E-state index contributed by atoms with van der Waals surface area (Å²) in [7, 11) is 4.08. The maximum absolute atomic E-state index is 13.3. The van der Waals surface area contributed by atoms with Gasteiger partial charge >= 0.3 is 5.97 Å². The Labute approximate surface area is 227 Å². The highest BCUT2D eigenvalue weighted by molar-refractivity contribution is 5.91. The quantitative estimate of drug-likeness (QED) is 0.200. The lowest BCUT2D eigenvalue weighted by molar-refractivity contribution is -0.0198. The monoisotopic (exact) mass is 538 g/mol. The van der Waals surface area contributed by atoms with Crippen molar-refractivity contribution in [1.82, 2.24) is 0 Å². The van der Waals surface area contributed by atoms with E-state index < -0.39 is 18.2 Å². The molecule has 4 N–H and O–H groups in total. The van der Waals surface area contributed by atoms with Gasteiger partial charge in [-0.2, -0.15) is 0 Å². The molecule has 3 aromatic carbocycles. The zero-order valence-electron chi connectivity index (χ0n) is 22.6. The number of phenolic OH excluding ortho intramolecular Hbond substituents is 3. The van der Waals surface area contributed by atoms with E-state index in [1.807, 2.05) is 19.9 Å². The molecule has 0 unspecified atom stereocenters. The van der Waals surface area contributed by atoms with Crippen LogP contribution in [0.3, 0.4) is 0 Å². The largest absolute Gasteiger partial charge is 0.508 e. The zero-order chi connectivity index (χ0) is 28.7. The van der Waals surface area contributed by atoms with Crippen molar-refractivity contribution in [1.29, 1.82) is 0 Å². The Morgan fingerprint density at radius 1 is 0.872 bits per heavy atom. The molecule has 0 spiro atoms. The molecule has 3 rings (SSSR count). The molecule has 0 aliphatic heterocycles. The van der Waals surface area contributed by atoms with Gasteiger partial charge in [0, 0.05) is 18.1 Å². The SMILES string of the molecule is COc1cc(O)ccc1[C@H](O)[C@@H](Cc1ccc(O)c(CC=C(C)C)c1)OC(=O)c1cc(OC)c(O)c(OC)c1. The number of aromatic hydroxyl groups is 3. The van der Waals surface area contributed by atoms with Gasteiger partial charge in [-0.05, 0) is 61.7 Å². The summed E-state index contributed by atoms with van der Waals surface area (Å²) in [6.45, 7) is 3.93. The Morgan fingerprint density at radius 3 is 2.10 bits per heavy atom. The molecule has 0 bridgehead atoms. The lowest BCUT2D eigenvalue weighted by atomic mass is 9.95. The molecule has 9 nitrogen and oxygen atoms in total. The van der Waals surface area contributed by atoms with E-state index in [-0.39, 0.29) is 46.5 Å². The van der Waals surface area contributed by atoms with Crippen LogP contribution in [-0.2, 0) is 17.6 Å². The van der Waals surface area contributed by atoms with Crippen molar-refractivity contribution in [2.24, 2.45) is 0 Å². The minimum Gasteiger partial charge on any atom is -0.508 e. The number of allylic oxidation sites excluding steroid dienone is 2. The number of benzene rings is 3. The molecule has 0 aliphatic rings. The van der Waals surface area contributed by atoms with Crippen LogP contribution in [0.4, 0.5) is 0 Å². The maximum atomic E-state index is 13.3. The van der Waals surface area contributed by atoms with E-state index in [1.54, 1.807) is 18.2 Å². The molecular formula is C30H34O9. The number of esters is 1. The van der Waals surface area contributed by atoms with Gasteiger partial charge in [-0.1, -0.05) is 23.8 Å². The summed E-state index contributed by atoms with van der Waals surface area (Å²) >= 11 is 0. The Balaban J connectivity index is 2.01. The van der Waals surface area contributed by atoms with E-state index in [0.29, 0.717) is 23.1 Å². The highest BCUT2D eigenvalue weighted by atomic mass is 16.6. The normalized spacial score (nSPS) is 12.3. The topological polar surface area (TPSA) is 135 Å². The number of aliphatic hydroxyl groups excluding tert-OH is 1. The van der Waals surface area contributed by atoms with E-state index in [4.69, 9.17) is 18.9 Å². The number of aliphatic hydroxyl groups is 1. The molecule has 9 heteroatoms. The van der Waals surface area contributed by atoms with Crippen LogP contribution in [0.25, 0.3) is 0 Å². The van der Waals surface area contributed by atoms with Gasteiger partial charge in [0.2, 0.25) is 5.75 Å². The van der Waals surface area contributed by atoms with Gasteiger partial charge in [0.05, 0.1) is 26.9 Å². The van der Waals surface area contributed by atoms with Crippen molar-refractivity contribution in [3.05, 3.63) is 82.4 Å². The van der Waals surface area contributed by atoms with Gasteiger partial charge in [-0.25, -0.2) is 4.79 Å². The minimum atomic E-state index is -1.35. The van der Waals surface area contributed by atoms with E-state index in [1.165, 1.54) is 51.7 Å². The smallest absolute Gasteiger partial charge is 0.338 e. The van der Waals surface area contributed by atoms with Crippen molar-refractivity contribution in [2.75, 3.05) is 21.3 Å². The molecule has 3 aromatic rings. The van der Waals surface area contributed by atoms with Crippen molar-refractivity contribution >= 4 is 5.97 Å². The number of methoxy groups -OCH3 is 3. The van der Waals surface area contributed by atoms with Crippen LogP contribution in [-0.4, -0.2) is 53.8 Å². The molecular weight excluding hydrogens is 504 g/mol. The number of carbonyl (C=O) groups excluding carboxylic acids is 1. The second-order valence-corrected chi connectivity index (χ2v) is 9.20. The van der Waals surface area contributed by atoms with Crippen LogP contribution in [0.5, 0.6) is 34.5 Å². The van der Waals surface area contributed by atoms with Gasteiger partial charge in [-0.3, -0.25) is 0 Å². The predicted molar refractivity (Wildman–Crippen MR) is 145 cm³/mol. The second-order valence-electron chi connectivity index (χ2n) is 9.20. The van der Waals surface area contributed by atoms with Crippen LogP contribution in [0, 0.1) is 0 Å². The van der Waals surface area contributed by atoms with E-state index >= 15 is 0 Å². The highest BCUT2D eigenvalue weighted by Crippen LogP contribution is 2.38. The van der Waals surface area contributed by atoms with E-state index in [9.17, 15) is 25.2 Å². The number of hydrogen-bond donors (Lipinski definition) is 4. The molecule has 0 saturated carbocycles. The van der Waals surface area contributed by atoms with Crippen molar-refractivity contribution < 1.29 is 44.2 Å². The second kappa shape index (κ2) is 12.9. The standard InChI is InChI=1S/C30H34O9/c1-17(2)6-8-19-12-18(7-11-23(19)32)13-27(28(33)22-10-9-21(31)16-24(22)36-3)39-30(35)20-14-25(37-4)29(34)26(15-20)38-5/h6-7,9-12,14-16,27-28,31-34H,8,13H2,1-5H3/t27-,28+/m1/s1. The minimum absolute atomic E-state index is 0.0149. The molecule has 0 fully saturated rings. The van der Waals surface area contributed by atoms with Gasteiger partial charge in [-0.15, -0.1) is 0 Å². The molecule has 0 radical (unpaired) electrons. The summed E-state index contributed by atoms with van der Waals surface area (Å²) in [5, 5.41) is 41.8. The highest BCUT2D eigenvalue weighted by Gasteiger charge is 2.29. The van der Waals surface area contributed by atoms with Gasteiger partial charge in [0.15, 0.2) is 11.5 Å². The van der Waals surface area contributed by atoms with E-state index in [0.717, 1.165) is 5.57 Å². The summed E-state index contributed by atoms with van der Waals surface area (Å²) in [5.41, 5.74) is 2.83. The fraction of sp³-hybridized carbons (Fsp3) is 0.300. The fourth-order valence-electron chi connectivity index (χ4n) is 4.05. The first-order chi connectivity index (χ1) is 18.6. The average Bonchev–Trinajstić information content (AvgIpc) is 2.92. The third-order valence-electron chi connectivity index (χ3n) is 6.17. The summed E-state index contributed by atoms with van der Waals surface area (Å²) in [5.74, 6) is -0.739. The van der Waals surface area contributed by atoms with Crippen molar-refractivity contribution in [2.45, 2.75) is 38.9 Å². The number of carbonyl (C=O) groups is 1. The molecule has 2 atom stereocenters. The van der Waals surface area contributed by atoms with Gasteiger partial charge in [0.25, 0.3) is 0 Å². The Bertz CT molecular complexity index is 1320. The van der Waals surface area contributed by atoms with E-state index in [2.05, 4.69) is 0 Å². The number of rotatable bonds is 11. The van der Waals surface area contributed by atoms with Crippen LogP contribution in [0.15, 0.2) is 60.2 Å². The Hall–Kier alpha value is -4.37. The third kappa shape index (κ3) is 7.14.